The molecule has 1 amide bonds. The van der Waals surface area contributed by atoms with E-state index < -0.39 is 0 Å². The zero-order chi connectivity index (χ0) is 13.1. The van der Waals surface area contributed by atoms with E-state index in [9.17, 15) is 4.79 Å². The molecule has 0 spiro atoms. The predicted molar refractivity (Wildman–Crippen MR) is 72.4 cm³/mol. The zero-order valence-electron chi connectivity index (χ0n) is 10.8. The summed E-state index contributed by atoms with van der Waals surface area (Å²) in [6.45, 7) is 4.03. The fourth-order valence-corrected chi connectivity index (χ4v) is 2.18. The van der Waals surface area contributed by atoms with Crippen molar-refractivity contribution in [2.24, 2.45) is 0 Å². The maximum atomic E-state index is 11.9. The van der Waals surface area contributed by atoms with Gasteiger partial charge in [-0.2, -0.15) is 0 Å². The number of amides is 1. The van der Waals surface area contributed by atoms with Gasteiger partial charge in [0.25, 0.3) is 5.91 Å². The molecule has 0 bridgehead atoms. The average molecular weight is 268 g/mol. The molecular formula is C14H20ClN2O+. The first-order valence-corrected chi connectivity index (χ1v) is 6.85. The molecule has 4 heteroatoms. The summed E-state index contributed by atoms with van der Waals surface area (Å²) in [6, 6.07) is 8.38. The summed E-state index contributed by atoms with van der Waals surface area (Å²) in [4.78, 5) is 11.9. The summed E-state index contributed by atoms with van der Waals surface area (Å²) in [5, 5.41) is 5.84. The van der Waals surface area contributed by atoms with Crippen LogP contribution in [0.2, 0.25) is 5.02 Å². The van der Waals surface area contributed by atoms with E-state index in [1.807, 2.05) is 31.2 Å². The van der Waals surface area contributed by atoms with Crippen LogP contribution in [0.3, 0.4) is 0 Å². The van der Waals surface area contributed by atoms with Crippen LogP contribution in [0.15, 0.2) is 24.3 Å². The van der Waals surface area contributed by atoms with E-state index in [0.29, 0.717) is 6.04 Å². The Morgan fingerprint density at radius 2 is 2.17 bits per heavy atom. The minimum atomic E-state index is -0.0698. The molecule has 2 rings (SSSR count). The van der Waals surface area contributed by atoms with Crippen LogP contribution in [0.5, 0.6) is 0 Å². The van der Waals surface area contributed by atoms with Crippen molar-refractivity contribution in [2.75, 3.05) is 0 Å². The molecular weight excluding hydrogens is 248 g/mol. The van der Waals surface area contributed by atoms with Gasteiger partial charge in [0.1, 0.15) is 6.04 Å². The second kappa shape index (κ2) is 5.72. The number of hydrogen-bond acceptors (Lipinski definition) is 1. The van der Waals surface area contributed by atoms with Crippen LogP contribution in [0.1, 0.15) is 38.3 Å². The molecule has 3 N–H and O–H groups in total. The highest BCUT2D eigenvalue weighted by atomic mass is 35.5. The number of halogens is 1. The van der Waals surface area contributed by atoms with Crippen LogP contribution >= 0.6 is 11.6 Å². The number of hydrogen-bond donors (Lipinski definition) is 2. The van der Waals surface area contributed by atoms with Crippen molar-refractivity contribution in [1.82, 2.24) is 5.32 Å². The van der Waals surface area contributed by atoms with E-state index in [1.54, 1.807) is 0 Å². The Kier molecular flexibility index (Phi) is 4.25. The number of carbonyl (C=O) groups excluding carboxylic acids is 1. The summed E-state index contributed by atoms with van der Waals surface area (Å²) < 4.78 is 0. The second-order valence-electron chi connectivity index (χ2n) is 5.11. The number of nitrogens with one attached hydrogen (secondary N) is 1. The van der Waals surface area contributed by atoms with E-state index in [4.69, 9.17) is 11.6 Å². The third kappa shape index (κ3) is 3.72. The van der Waals surface area contributed by atoms with Gasteiger partial charge in [0.2, 0.25) is 0 Å². The Bertz CT molecular complexity index is 432. The molecule has 1 aliphatic carbocycles. The third-order valence-corrected chi connectivity index (χ3v) is 3.52. The molecule has 98 valence electrons. The van der Waals surface area contributed by atoms with Gasteiger partial charge >= 0.3 is 0 Å². The lowest BCUT2D eigenvalue weighted by Crippen LogP contribution is -2.92. The summed E-state index contributed by atoms with van der Waals surface area (Å²) in [7, 11) is 0. The van der Waals surface area contributed by atoms with Crippen molar-refractivity contribution in [1.29, 1.82) is 0 Å². The minimum absolute atomic E-state index is 0.0698. The van der Waals surface area contributed by atoms with Crippen molar-refractivity contribution >= 4 is 17.5 Å². The van der Waals surface area contributed by atoms with Crippen LogP contribution < -0.4 is 10.6 Å². The summed E-state index contributed by atoms with van der Waals surface area (Å²) in [5.74, 6) is 0.131. The average Bonchev–Trinajstić information content (AvgIpc) is 3.12. The Morgan fingerprint density at radius 3 is 2.78 bits per heavy atom. The van der Waals surface area contributed by atoms with Gasteiger partial charge in [0, 0.05) is 16.6 Å². The molecule has 1 saturated carbocycles. The highest BCUT2D eigenvalue weighted by Crippen LogP contribution is 2.18. The van der Waals surface area contributed by atoms with Crippen molar-refractivity contribution in [3.63, 3.8) is 0 Å². The molecule has 0 heterocycles. The van der Waals surface area contributed by atoms with Gasteiger partial charge in [0.15, 0.2) is 6.04 Å². The molecule has 1 aromatic rings. The van der Waals surface area contributed by atoms with Crippen molar-refractivity contribution in [3.05, 3.63) is 34.9 Å². The molecule has 0 unspecified atom stereocenters. The van der Waals surface area contributed by atoms with Crippen molar-refractivity contribution in [2.45, 2.75) is 44.8 Å². The van der Waals surface area contributed by atoms with Crippen LogP contribution in [-0.2, 0) is 4.79 Å². The Balaban J connectivity index is 1.89. The maximum Gasteiger partial charge on any atom is 0.278 e. The number of rotatable bonds is 5. The first-order chi connectivity index (χ1) is 8.56. The van der Waals surface area contributed by atoms with Gasteiger partial charge in [0.05, 0.1) is 0 Å². The van der Waals surface area contributed by atoms with Gasteiger partial charge in [-0.3, -0.25) is 4.79 Å². The van der Waals surface area contributed by atoms with E-state index >= 15 is 0 Å². The predicted octanol–water partition coefficient (Wildman–Crippen LogP) is 1.63. The molecule has 0 aliphatic heterocycles. The SMILES string of the molecule is C[C@H]([NH2+][C@@H](C)c1cccc(Cl)c1)C(=O)NC1CC1. The smallest absolute Gasteiger partial charge is 0.278 e. The zero-order valence-corrected chi connectivity index (χ0v) is 11.6. The fraction of sp³-hybridized carbons (Fsp3) is 0.500. The summed E-state index contributed by atoms with van der Waals surface area (Å²) >= 11 is 5.97. The van der Waals surface area contributed by atoms with E-state index in [0.717, 1.165) is 23.4 Å². The molecule has 1 aliphatic rings. The summed E-state index contributed by atoms with van der Waals surface area (Å²) in [6.07, 6.45) is 2.25. The first kappa shape index (κ1) is 13.4. The molecule has 1 aromatic carbocycles. The minimum Gasteiger partial charge on any atom is -0.348 e. The highest BCUT2D eigenvalue weighted by Gasteiger charge is 2.27. The Labute approximate surface area is 113 Å². The van der Waals surface area contributed by atoms with E-state index in [1.165, 1.54) is 0 Å². The van der Waals surface area contributed by atoms with Gasteiger partial charge in [-0.1, -0.05) is 23.7 Å². The molecule has 0 radical (unpaired) electrons. The molecule has 0 aromatic heterocycles. The number of carbonyl (C=O) groups is 1. The van der Waals surface area contributed by atoms with Gasteiger partial charge in [-0.15, -0.1) is 0 Å². The standard InChI is InChI=1S/C14H19ClN2O/c1-9(11-4-3-5-12(15)8-11)16-10(2)14(18)17-13-6-7-13/h3-5,8-10,13,16H,6-7H2,1-2H3,(H,17,18)/p+1/t9-,10-/m0/s1. The van der Waals surface area contributed by atoms with Gasteiger partial charge in [-0.25, -0.2) is 0 Å². The topological polar surface area (TPSA) is 45.7 Å². The van der Waals surface area contributed by atoms with E-state index in [2.05, 4.69) is 17.6 Å². The van der Waals surface area contributed by atoms with Gasteiger partial charge < -0.3 is 10.6 Å². The number of nitrogens with two attached hydrogens (primary N) is 1. The maximum absolute atomic E-state index is 11.9. The number of benzene rings is 1. The van der Waals surface area contributed by atoms with Crippen molar-refractivity contribution in [3.8, 4) is 0 Å². The fourth-order valence-electron chi connectivity index (χ4n) is 1.98. The van der Waals surface area contributed by atoms with Crippen LogP contribution in [0, 0.1) is 0 Å². The Morgan fingerprint density at radius 1 is 1.44 bits per heavy atom. The molecule has 18 heavy (non-hydrogen) atoms. The van der Waals surface area contributed by atoms with Crippen LogP contribution in [-0.4, -0.2) is 18.0 Å². The first-order valence-electron chi connectivity index (χ1n) is 6.47. The molecule has 2 atom stereocenters. The Hall–Kier alpha value is -1.06. The summed E-state index contributed by atoms with van der Waals surface area (Å²) in [5.41, 5.74) is 1.15. The normalized spacial score (nSPS) is 18.2. The largest absolute Gasteiger partial charge is 0.348 e. The van der Waals surface area contributed by atoms with Crippen LogP contribution in [0.25, 0.3) is 0 Å². The quantitative estimate of drug-likeness (QED) is 0.837. The number of quaternary nitrogens is 1. The highest BCUT2D eigenvalue weighted by molar-refractivity contribution is 6.30. The van der Waals surface area contributed by atoms with E-state index in [-0.39, 0.29) is 18.0 Å². The second-order valence-corrected chi connectivity index (χ2v) is 5.54. The molecule has 0 saturated heterocycles. The third-order valence-electron chi connectivity index (χ3n) is 3.29. The van der Waals surface area contributed by atoms with Crippen molar-refractivity contribution < 1.29 is 10.1 Å². The van der Waals surface area contributed by atoms with Gasteiger partial charge in [-0.05, 0) is 38.8 Å². The van der Waals surface area contributed by atoms with Crippen LogP contribution in [0.4, 0.5) is 0 Å². The molecule has 1 fully saturated rings. The lowest BCUT2D eigenvalue weighted by Gasteiger charge is -2.16. The molecule has 3 nitrogen and oxygen atoms in total. The monoisotopic (exact) mass is 267 g/mol. The lowest BCUT2D eigenvalue weighted by molar-refractivity contribution is -0.710. The lowest BCUT2D eigenvalue weighted by atomic mass is 10.1.